The fourth-order valence-corrected chi connectivity index (χ4v) is 3.61. The second-order valence-electron chi connectivity index (χ2n) is 6.48. The highest BCUT2D eigenvalue weighted by molar-refractivity contribution is 7.99. The van der Waals surface area contributed by atoms with Gasteiger partial charge in [0.05, 0.1) is 32.6 Å². The Morgan fingerprint density at radius 1 is 1.21 bits per heavy atom. The van der Waals surface area contributed by atoms with Crippen molar-refractivity contribution in [1.82, 2.24) is 4.90 Å². The Morgan fingerprint density at radius 2 is 1.90 bits per heavy atom. The van der Waals surface area contributed by atoms with E-state index in [4.69, 9.17) is 4.74 Å². The first kappa shape index (κ1) is 23.0. The summed E-state index contributed by atoms with van der Waals surface area (Å²) in [6.45, 7) is 5.45. The summed E-state index contributed by atoms with van der Waals surface area (Å²) in [7, 11) is 1.33. The molecule has 0 spiro atoms. The highest BCUT2D eigenvalue weighted by atomic mass is 32.2. The Bertz CT molecular complexity index is 677. The molecule has 0 aromatic heterocycles. The van der Waals surface area contributed by atoms with Gasteiger partial charge in [0.25, 0.3) is 0 Å². The van der Waals surface area contributed by atoms with Gasteiger partial charge in [0.15, 0.2) is 0 Å². The third kappa shape index (κ3) is 7.94. The molecular formula is C20H29N3O5S. The van der Waals surface area contributed by atoms with E-state index in [2.05, 4.69) is 15.0 Å². The van der Waals surface area contributed by atoms with Crippen LogP contribution in [0, 0.1) is 0 Å². The number of nitrogens with zero attached hydrogens (tertiary/aromatic N) is 2. The number of carbonyl (C=O) groups is 3. The minimum Gasteiger partial charge on any atom is -0.468 e. The highest BCUT2D eigenvalue weighted by Gasteiger charge is 2.16. The summed E-state index contributed by atoms with van der Waals surface area (Å²) in [4.78, 5) is 39.5. The number of anilines is 2. The number of benzene rings is 1. The summed E-state index contributed by atoms with van der Waals surface area (Å²) in [6.07, 6.45) is 0.275. The number of carbonyl (C=O) groups excluding carboxylic acids is 3. The molecule has 8 nitrogen and oxygen atoms in total. The van der Waals surface area contributed by atoms with Gasteiger partial charge in [-0.25, -0.2) is 0 Å². The van der Waals surface area contributed by atoms with E-state index >= 15 is 0 Å². The number of amides is 2. The Morgan fingerprint density at radius 3 is 2.52 bits per heavy atom. The van der Waals surface area contributed by atoms with Gasteiger partial charge in [-0.05, 0) is 31.2 Å². The van der Waals surface area contributed by atoms with Crippen LogP contribution in [0.1, 0.15) is 13.3 Å². The van der Waals surface area contributed by atoms with Crippen LogP contribution in [-0.4, -0.2) is 80.7 Å². The molecular weight excluding hydrogens is 394 g/mol. The minimum absolute atomic E-state index is 0.00220. The zero-order valence-electron chi connectivity index (χ0n) is 17.0. The van der Waals surface area contributed by atoms with E-state index in [1.54, 1.807) is 0 Å². The zero-order valence-corrected chi connectivity index (χ0v) is 17.8. The van der Waals surface area contributed by atoms with Gasteiger partial charge in [-0.2, -0.15) is 0 Å². The van der Waals surface area contributed by atoms with Crippen molar-refractivity contribution < 1.29 is 23.9 Å². The van der Waals surface area contributed by atoms with Crippen molar-refractivity contribution in [3.05, 3.63) is 24.3 Å². The van der Waals surface area contributed by atoms with Gasteiger partial charge in [-0.15, -0.1) is 11.8 Å². The predicted octanol–water partition coefficient (Wildman–Crippen LogP) is 1.61. The molecule has 1 aliphatic rings. The van der Waals surface area contributed by atoms with Crippen LogP contribution >= 0.6 is 11.8 Å². The van der Waals surface area contributed by atoms with Crippen molar-refractivity contribution in [1.29, 1.82) is 0 Å². The molecule has 0 aliphatic carbocycles. The van der Waals surface area contributed by atoms with Crippen LogP contribution in [-0.2, 0) is 23.9 Å². The second kappa shape index (κ2) is 12.3. The fraction of sp³-hybridized carbons (Fsp3) is 0.550. The lowest BCUT2D eigenvalue weighted by Crippen LogP contribution is -2.38. The lowest BCUT2D eigenvalue weighted by Gasteiger charge is -2.29. The van der Waals surface area contributed by atoms with Crippen LogP contribution in [0.4, 0.5) is 11.4 Å². The molecule has 1 heterocycles. The number of hydrogen-bond acceptors (Lipinski definition) is 7. The van der Waals surface area contributed by atoms with E-state index in [9.17, 15) is 14.4 Å². The van der Waals surface area contributed by atoms with E-state index in [1.807, 2.05) is 31.2 Å². The van der Waals surface area contributed by atoms with Gasteiger partial charge in [-0.1, -0.05) is 0 Å². The van der Waals surface area contributed by atoms with Crippen LogP contribution in [0.2, 0.25) is 0 Å². The predicted molar refractivity (Wildman–Crippen MR) is 114 cm³/mol. The largest absolute Gasteiger partial charge is 0.468 e. The normalized spacial score (nSPS) is 13.7. The maximum atomic E-state index is 12.3. The summed E-state index contributed by atoms with van der Waals surface area (Å²) < 4.78 is 9.92. The number of nitrogens with one attached hydrogen (secondary N) is 1. The van der Waals surface area contributed by atoms with Gasteiger partial charge in [0.1, 0.15) is 0 Å². The monoisotopic (exact) mass is 423 g/mol. The number of esters is 1. The Balaban J connectivity index is 1.77. The lowest BCUT2D eigenvalue weighted by molar-refractivity contribution is -0.137. The van der Waals surface area contributed by atoms with E-state index in [-0.39, 0.29) is 36.5 Å². The van der Waals surface area contributed by atoms with Gasteiger partial charge in [-0.3, -0.25) is 14.4 Å². The van der Waals surface area contributed by atoms with E-state index in [0.717, 1.165) is 32.0 Å². The maximum Gasteiger partial charge on any atom is 0.315 e. The number of hydrogen-bond donors (Lipinski definition) is 1. The molecule has 1 aromatic carbocycles. The Labute approximate surface area is 175 Å². The second-order valence-corrected chi connectivity index (χ2v) is 7.59. The molecule has 0 unspecified atom stereocenters. The Hall–Kier alpha value is -2.26. The van der Waals surface area contributed by atoms with E-state index in [0.29, 0.717) is 18.0 Å². The van der Waals surface area contributed by atoms with Crippen molar-refractivity contribution in [2.24, 2.45) is 0 Å². The molecule has 0 bridgehead atoms. The molecule has 160 valence electrons. The van der Waals surface area contributed by atoms with Crippen LogP contribution in [0.5, 0.6) is 0 Å². The summed E-state index contributed by atoms with van der Waals surface area (Å²) in [6, 6.07) is 7.68. The molecule has 29 heavy (non-hydrogen) atoms. The number of ether oxygens (including phenoxy) is 2. The quantitative estimate of drug-likeness (QED) is 0.452. The summed E-state index contributed by atoms with van der Waals surface area (Å²) >= 11 is 1.34. The first-order valence-corrected chi connectivity index (χ1v) is 10.8. The van der Waals surface area contributed by atoms with E-state index in [1.165, 1.54) is 23.8 Å². The minimum atomic E-state index is -0.311. The van der Waals surface area contributed by atoms with Gasteiger partial charge >= 0.3 is 5.97 Å². The smallest absolute Gasteiger partial charge is 0.315 e. The highest BCUT2D eigenvalue weighted by Crippen LogP contribution is 2.19. The first-order chi connectivity index (χ1) is 14.0. The van der Waals surface area contributed by atoms with Crippen molar-refractivity contribution in [2.45, 2.75) is 13.3 Å². The van der Waals surface area contributed by atoms with Crippen LogP contribution in [0.15, 0.2) is 24.3 Å². The topological polar surface area (TPSA) is 88.2 Å². The van der Waals surface area contributed by atoms with Crippen LogP contribution in [0.25, 0.3) is 0 Å². The molecule has 2 amide bonds. The molecule has 9 heteroatoms. The van der Waals surface area contributed by atoms with Gasteiger partial charge in [0.2, 0.25) is 11.8 Å². The molecule has 1 aliphatic heterocycles. The third-order valence-electron chi connectivity index (χ3n) is 4.50. The molecule has 0 atom stereocenters. The van der Waals surface area contributed by atoms with Crippen LogP contribution < -0.4 is 10.2 Å². The molecule has 0 radical (unpaired) electrons. The van der Waals surface area contributed by atoms with Crippen LogP contribution in [0.3, 0.4) is 0 Å². The van der Waals surface area contributed by atoms with Gasteiger partial charge in [0, 0.05) is 43.2 Å². The maximum absolute atomic E-state index is 12.3. The van der Waals surface area contributed by atoms with Gasteiger partial charge < -0.3 is 24.6 Å². The summed E-state index contributed by atoms with van der Waals surface area (Å²) in [5.74, 6) is 0.0735. The molecule has 1 fully saturated rings. The number of likely N-dealkylation sites (N-methyl/N-ethyl adjacent to an activating group) is 1. The molecule has 2 rings (SSSR count). The third-order valence-corrected chi connectivity index (χ3v) is 5.44. The number of methoxy groups -OCH3 is 1. The lowest BCUT2D eigenvalue weighted by atomic mass is 10.2. The van der Waals surface area contributed by atoms with Crippen molar-refractivity contribution in [3.8, 4) is 0 Å². The first-order valence-electron chi connectivity index (χ1n) is 9.68. The number of rotatable bonds is 10. The number of morpholine rings is 1. The molecule has 1 saturated heterocycles. The summed E-state index contributed by atoms with van der Waals surface area (Å²) in [5, 5.41) is 2.84. The molecule has 0 saturated carbocycles. The van der Waals surface area contributed by atoms with Crippen molar-refractivity contribution in [3.63, 3.8) is 0 Å². The Kier molecular flexibility index (Phi) is 9.79. The summed E-state index contributed by atoms with van der Waals surface area (Å²) in [5.41, 5.74) is 1.80. The number of thioether (sulfide) groups is 1. The van der Waals surface area contributed by atoms with Crippen molar-refractivity contribution in [2.75, 3.05) is 68.2 Å². The molecule has 1 N–H and O–H groups in total. The van der Waals surface area contributed by atoms with Crippen molar-refractivity contribution >= 4 is 40.9 Å². The zero-order chi connectivity index (χ0) is 21.1. The average Bonchev–Trinajstić information content (AvgIpc) is 2.75. The molecule has 1 aromatic rings. The fourth-order valence-electron chi connectivity index (χ4n) is 2.86. The average molecular weight is 424 g/mol. The van der Waals surface area contributed by atoms with E-state index < -0.39 is 0 Å². The standard InChI is InChI=1S/C20H29N3O5S/c1-3-22(19(25)8-13-29-15-20(26)27-2)14-18(24)21-16-4-6-17(7-5-16)23-9-11-28-12-10-23/h4-7H,3,8-15H2,1-2H3,(H,21,24). The SMILES string of the molecule is CCN(CC(=O)Nc1ccc(N2CCOCC2)cc1)C(=O)CCSCC(=O)OC.